The van der Waals surface area contributed by atoms with Gasteiger partial charge in [0.25, 0.3) is 0 Å². The lowest BCUT2D eigenvalue weighted by atomic mass is 9.91. The smallest absolute Gasteiger partial charge is 0.233 e. The number of benzene rings is 2. The van der Waals surface area contributed by atoms with Crippen LogP contribution in [0.3, 0.4) is 0 Å². The maximum absolute atomic E-state index is 12.2. The Bertz CT molecular complexity index is 791. The van der Waals surface area contributed by atoms with Crippen LogP contribution in [0.4, 0.5) is 5.69 Å². The lowest BCUT2D eigenvalue weighted by Crippen LogP contribution is -2.35. The van der Waals surface area contributed by atoms with E-state index in [1.165, 1.54) is 37.1 Å². The summed E-state index contributed by atoms with van der Waals surface area (Å²) in [4.78, 5) is 19.3. The van der Waals surface area contributed by atoms with Crippen LogP contribution in [0.15, 0.2) is 53.5 Å². The average Bonchev–Trinajstić information content (AvgIpc) is 3.20. The molecule has 4 rings (SSSR count). The van der Waals surface area contributed by atoms with Crippen LogP contribution < -0.4 is 5.32 Å². The van der Waals surface area contributed by atoms with E-state index in [0.717, 1.165) is 24.2 Å². The number of rotatable bonds is 5. The van der Waals surface area contributed by atoms with Gasteiger partial charge >= 0.3 is 0 Å². The zero-order chi connectivity index (χ0) is 17.8. The van der Waals surface area contributed by atoms with Crippen LogP contribution >= 0.6 is 0 Å². The molecule has 26 heavy (non-hydrogen) atoms. The van der Waals surface area contributed by atoms with Crippen LogP contribution in [0, 0.1) is 0 Å². The van der Waals surface area contributed by atoms with Crippen molar-refractivity contribution in [1.82, 2.24) is 10.2 Å². The molecule has 2 aromatic carbocycles. The van der Waals surface area contributed by atoms with E-state index in [0.29, 0.717) is 6.54 Å². The molecule has 2 heterocycles. The summed E-state index contributed by atoms with van der Waals surface area (Å²) in [6, 6.07) is 16.5. The SMILES string of the molecule is O=C1NCc2ccccc2C1C=Nc1ccc(CCN2CCCC2)cc1. The lowest BCUT2D eigenvalue weighted by Gasteiger charge is -2.22. The van der Waals surface area contributed by atoms with E-state index in [4.69, 9.17) is 0 Å². The van der Waals surface area contributed by atoms with Gasteiger partial charge in [-0.3, -0.25) is 9.79 Å². The van der Waals surface area contributed by atoms with Crippen molar-refractivity contribution < 1.29 is 4.79 Å². The summed E-state index contributed by atoms with van der Waals surface area (Å²) < 4.78 is 0. The van der Waals surface area contributed by atoms with E-state index in [2.05, 4.69) is 33.4 Å². The molecule has 0 radical (unpaired) electrons. The van der Waals surface area contributed by atoms with E-state index in [1.54, 1.807) is 6.21 Å². The van der Waals surface area contributed by atoms with Gasteiger partial charge in [-0.25, -0.2) is 0 Å². The van der Waals surface area contributed by atoms with Crippen molar-refractivity contribution in [1.29, 1.82) is 0 Å². The molecule has 0 spiro atoms. The highest BCUT2D eigenvalue weighted by atomic mass is 16.1. The third kappa shape index (κ3) is 3.86. The van der Waals surface area contributed by atoms with Crippen molar-refractivity contribution in [2.24, 2.45) is 4.99 Å². The van der Waals surface area contributed by atoms with Gasteiger partial charge in [0.2, 0.25) is 5.91 Å². The third-order valence-electron chi connectivity index (χ3n) is 5.35. The molecule has 2 aromatic rings. The Kier molecular flexibility index (Phi) is 5.12. The first-order chi connectivity index (χ1) is 12.8. The molecule has 0 aliphatic carbocycles. The van der Waals surface area contributed by atoms with Crippen LogP contribution in [0.1, 0.15) is 35.4 Å². The number of carbonyl (C=O) groups is 1. The molecule has 0 saturated carbocycles. The predicted octanol–water partition coefficient (Wildman–Crippen LogP) is 3.44. The molecule has 1 atom stereocenters. The summed E-state index contributed by atoms with van der Waals surface area (Å²) in [5.41, 5.74) is 4.46. The zero-order valence-corrected chi connectivity index (χ0v) is 15.0. The summed E-state index contributed by atoms with van der Waals surface area (Å²) in [6.45, 7) is 4.23. The van der Waals surface area contributed by atoms with Gasteiger partial charge in [-0.05, 0) is 61.2 Å². The van der Waals surface area contributed by atoms with Gasteiger partial charge in [-0.1, -0.05) is 36.4 Å². The van der Waals surface area contributed by atoms with Gasteiger partial charge < -0.3 is 10.2 Å². The molecule has 1 N–H and O–H groups in total. The highest BCUT2D eigenvalue weighted by Crippen LogP contribution is 2.24. The number of likely N-dealkylation sites (tertiary alicyclic amines) is 1. The molecular formula is C22H25N3O. The van der Waals surface area contributed by atoms with Crippen molar-refractivity contribution >= 4 is 17.8 Å². The molecule has 1 fully saturated rings. The first-order valence-electron chi connectivity index (χ1n) is 9.50. The topological polar surface area (TPSA) is 44.7 Å². The van der Waals surface area contributed by atoms with Crippen LogP contribution in [0.2, 0.25) is 0 Å². The fraction of sp³-hybridized carbons (Fsp3) is 0.364. The Balaban J connectivity index is 1.41. The number of carbonyl (C=O) groups excluding carboxylic acids is 1. The molecule has 4 nitrogen and oxygen atoms in total. The van der Waals surface area contributed by atoms with E-state index in [1.807, 2.05) is 30.3 Å². The highest BCUT2D eigenvalue weighted by Gasteiger charge is 2.25. The second kappa shape index (κ2) is 7.83. The molecule has 0 aromatic heterocycles. The average molecular weight is 347 g/mol. The minimum absolute atomic E-state index is 0.0229. The second-order valence-corrected chi connectivity index (χ2v) is 7.14. The third-order valence-corrected chi connectivity index (χ3v) is 5.35. The predicted molar refractivity (Wildman–Crippen MR) is 105 cm³/mol. The Morgan fingerprint density at radius 2 is 1.85 bits per heavy atom. The van der Waals surface area contributed by atoms with Crippen molar-refractivity contribution in [2.45, 2.75) is 31.7 Å². The van der Waals surface area contributed by atoms with Gasteiger partial charge in [0.1, 0.15) is 0 Å². The van der Waals surface area contributed by atoms with Gasteiger partial charge in [-0.15, -0.1) is 0 Å². The van der Waals surface area contributed by atoms with Gasteiger partial charge in [-0.2, -0.15) is 0 Å². The second-order valence-electron chi connectivity index (χ2n) is 7.14. The number of hydrogen-bond donors (Lipinski definition) is 1. The van der Waals surface area contributed by atoms with E-state index >= 15 is 0 Å². The van der Waals surface area contributed by atoms with Crippen molar-refractivity contribution in [3.05, 3.63) is 65.2 Å². The summed E-state index contributed by atoms with van der Waals surface area (Å²) in [5.74, 6) is -0.288. The molecular weight excluding hydrogens is 322 g/mol. The minimum atomic E-state index is -0.310. The molecule has 134 valence electrons. The minimum Gasteiger partial charge on any atom is -0.351 e. The van der Waals surface area contributed by atoms with Crippen LogP contribution in [0.25, 0.3) is 0 Å². The molecule has 4 heteroatoms. The number of fused-ring (bicyclic) bond motifs is 1. The van der Waals surface area contributed by atoms with Gasteiger partial charge in [0.05, 0.1) is 11.6 Å². The molecule has 1 unspecified atom stereocenters. The number of nitrogens with one attached hydrogen (secondary N) is 1. The van der Waals surface area contributed by atoms with Gasteiger partial charge in [0.15, 0.2) is 0 Å². The normalized spacial score (nSPS) is 20.3. The fourth-order valence-corrected chi connectivity index (χ4v) is 3.78. The van der Waals surface area contributed by atoms with E-state index < -0.39 is 0 Å². The van der Waals surface area contributed by atoms with Crippen molar-refractivity contribution in [3.8, 4) is 0 Å². The molecule has 2 aliphatic heterocycles. The van der Waals surface area contributed by atoms with Crippen LogP contribution in [0.5, 0.6) is 0 Å². The molecule has 0 bridgehead atoms. The first kappa shape index (κ1) is 17.0. The lowest BCUT2D eigenvalue weighted by molar-refractivity contribution is -0.121. The standard InChI is InChI=1S/C22H25N3O/c26-22-21(20-6-2-1-5-18(20)15-24-22)16-23-19-9-7-17(8-10-19)11-14-25-12-3-4-13-25/h1-2,5-10,16,21H,3-4,11-15H2,(H,24,26). The Morgan fingerprint density at radius 1 is 1.08 bits per heavy atom. The quantitative estimate of drug-likeness (QED) is 0.842. The Labute approximate surface area is 154 Å². The van der Waals surface area contributed by atoms with Crippen molar-refractivity contribution in [2.75, 3.05) is 19.6 Å². The van der Waals surface area contributed by atoms with Crippen molar-refractivity contribution in [3.63, 3.8) is 0 Å². The Hall–Kier alpha value is -2.46. The summed E-state index contributed by atoms with van der Waals surface area (Å²) in [5, 5.41) is 2.94. The number of aliphatic imine (C=N–C) groups is 1. The van der Waals surface area contributed by atoms with Gasteiger partial charge in [0, 0.05) is 19.3 Å². The molecule has 1 amide bonds. The number of amides is 1. The van der Waals surface area contributed by atoms with Crippen LogP contribution in [-0.4, -0.2) is 36.7 Å². The number of nitrogens with zero attached hydrogens (tertiary/aromatic N) is 2. The van der Waals surface area contributed by atoms with E-state index in [-0.39, 0.29) is 11.8 Å². The zero-order valence-electron chi connectivity index (χ0n) is 15.0. The largest absolute Gasteiger partial charge is 0.351 e. The maximum atomic E-state index is 12.2. The Morgan fingerprint density at radius 3 is 2.65 bits per heavy atom. The highest BCUT2D eigenvalue weighted by molar-refractivity contribution is 6.01. The first-order valence-corrected chi connectivity index (χ1v) is 9.50. The summed E-state index contributed by atoms with van der Waals surface area (Å²) >= 11 is 0. The van der Waals surface area contributed by atoms with Crippen LogP contribution in [-0.2, 0) is 17.8 Å². The van der Waals surface area contributed by atoms with E-state index in [9.17, 15) is 4.79 Å². The summed E-state index contributed by atoms with van der Waals surface area (Å²) in [7, 11) is 0. The molecule has 2 aliphatic rings. The number of hydrogen-bond acceptors (Lipinski definition) is 3. The fourth-order valence-electron chi connectivity index (χ4n) is 3.78. The molecule has 1 saturated heterocycles. The maximum Gasteiger partial charge on any atom is 0.233 e. The summed E-state index contributed by atoms with van der Waals surface area (Å²) in [6.07, 6.45) is 5.53. The monoisotopic (exact) mass is 347 g/mol.